The number of nitrogens with one attached hydrogen (secondary N) is 1. The number of hydrogen-bond acceptors (Lipinski definition) is 5. The lowest BCUT2D eigenvalue weighted by Crippen LogP contribution is -2.43. The molecule has 1 aromatic heterocycles. The highest BCUT2D eigenvalue weighted by Gasteiger charge is 2.26. The molecule has 1 N–H and O–H groups in total. The summed E-state index contributed by atoms with van der Waals surface area (Å²) < 4.78 is 5.88. The lowest BCUT2D eigenvalue weighted by molar-refractivity contribution is -0.126. The Morgan fingerprint density at radius 2 is 1.93 bits per heavy atom. The molecule has 0 spiro atoms. The van der Waals surface area contributed by atoms with E-state index in [4.69, 9.17) is 4.74 Å². The molecule has 1 aromatic carbocycles. The molecule has 0 radical (unpaired) electrons. The van der Waals surface area contributed by atoms with Gasteiger partial charge in [0.15, 0.2) is 0 Å². The van der Waals surface area contributed by atoms with E-state index in [2.05, 4.69) is 46.2 Å². The standard InChI is InChI=1S/C22H30N4O2/c1-4-16(3)25-22(27)18-10-12-26(13-11-18)20-14-21(24-15-23-20)28-19-8-6-17(5-2)7-9-19/h6-9,14-16,18H,4-5,10-13H2,1-3H3,(H,25,27)/t16-/m1/s1. The van der Waals surface area contributed by atoms with E-state index in [1.54, 1.807) is 0 Å². The Labute approximate surface area is 167 Å². The second-order valence-electron chi connectivity index (χ2n) is 7.39. The van der Waals surface area contributed by atoms with Gasteiger partial charge in [0.2, 0.25) is 11.8 Å². The molecule has 0 bridgehead atoms. The molecule has 2 heterocycles. The summed E-state index contributed by atoms with van der Waals surface area (Å²) in [5.41, 5.74) is 1.27. The molecule has 1 atom stereocenters. The van der Waals surface area contributed by atoms with Crippen molar-refractivity contribution in [2.24, 2.45) is 5.92 Å². The summed E-state index contributed by atoms with van der Waals surface area (Å²) in [6, 6.07) is 10.1. The number of piperidine rings is 1. The minimum atomic E-state index is 0.0832. The number of anilines is 1. The molecule has 1 aliphatic heterocycles. The van der Waals surface area contributed by atoms with Gasteiger partial charge in [0.25, 0.3) is 0 Å². The number of ether oxygens (including phenoxy) is 1. The molecule has 0 unspecified atom stereocenters. The van der Waals surface area contributed by atoms with Crippen molar-refractivity contribution in [1.82, 2.24) is 15.3 Å². The van der Waals surface area contributed by atoms with Gasteiger partial charge in [0.05, 0.1) is 0 Å². The number of aromatic nitrogens is 2. The van der Waals surface area contributed by atoms with Crippen LogP contribution in [0.2, 0.25) is 0 Å². The van der Waals surface area contributed by atoms with Crippen LogP contribution in [0, 0.1) is 5.92 Å². The number of carbonyl (C=O) groups excluding carboxylic acids is 1. The predicted octanol–water partition coefficient (Wildman–Crippen LogP) is 3.96. The summed E-state index contributed by atoms with van der Waals surface area (Å²) >= 11 is 0. The van der Waals surface area contributed by atoms with Crippen LogP contribution in [0.25, 0.3) is 0 Å². The van der Waals surface area contributed by atoms with Crippen LogP contribution in [-0.4, -0.2) is 35.0 Å². The zero-order valence-electron chi connectivity index (χ0n) is 17.0. The van der Waals surface area contributed by atoms with Gasteiger partial charge in [0.1, 0.15) is 17.9 Å². The molecule has 6 nitrogen and oxygen atoms in total. The molecule has 1 saturated heterocycles. The van der Waals surface area contributed by atoms with Crippen molar-refractivity contribution in [3.8, 4) is 11.6 Å². The maximum absolute atomic E-state index is 12.3. The van der Waals surface area contributed by atoms with Crippen molar-refractivity contribution in [2.45, 2.75) is 52.5 Å². The number of amides is 1. The van der Waals surface area contributed by atoms with E-state index in [-0.39, 0.29) is 17.9 Å². The van der Waals surface area contributed by atoms with Gasteiger partial charge < -0.3 is 15.0 Å². The van der Waals surface area contributed by atoms with Crippen molar-refractivity contribution >= 4 is 11.7 Å². The fourth-order valence-corrected chi connectivity index (χ4v) is 3.31. The molecule has 1 aliphatic rings. The van der Waals surface area contributed by atoms with E-state index >= 15 is 0 Å². The summed E-state index contributed by atoms with van der Waals surface area (Å²) in [4.78, 5) is 23.2. The second-order valence-corrected chi connectivity index (χ2v) is 7.39. The third-order valence-electron chi connectivity index (χ3n) is 5.37. The van der Waals surface area contributed by atoms with Gasteiger partial charge in [-0.2, -0.15) is 0 Å². The van der Waals surface area contributed by atoms with Crippen molar-refractivity contribution in [3.63, 3.8) is 0 Å². The normalized spacial score (nSPS) is 15.9. The second kappa shape index (κ2) is 9.53. The van der Waals surface area contributed by atoms with Gasteiger partial charge in [-0.1, -0.05) is 26.0 Å². The summed E-state index contributed by atoms with van der Waals surface area (Å²) in [6.45, 7) is 7.87. The molecule has 150 valence electrons. The molecule has 1 fully saturated rings. The zero-order chi connectivity index (χ0) is 19.9. The lowest BCUT2D eigenvalue weighted by Gasteiger charge is -2.32. The molecule has 0 saturated carbocycles. The Morgan fingerprint density at radius 1 is 1.21 bits per heavy atom. The van der Waals surface area contributed by atoms with Crippen LogP contribution >= 0.6 is 0 Å². The van der Waals surface area contributed by atoms with Gasteiger partial charge in [-0.3, -0.25) is 4.79 Å². The average molecular weight is 383 g/mol. The monoisotopic (exact) mass is 382 g/mol. The van der Waals surface area contributed by atoms with E-state index in [0.29, 0.717) is 5.88 Å². The van der Waals surface area contributed by atoms with Gasteiger partial charge >= 0.3 is 0 Å². The first kappa shape index (κ1) is 20.1. The third-order valence-corrected chi connectivity index (χ3v) is 5.37. The van der Waals surface area contributed by atoms with E-state index in [1.165, 1.54) is 11.9 Å². The van der Waals surface area contributed by atoms with Crippen LogP contribution in [-0.2, 0) is 11.2 Å². The number of carbonyl (C=O) groups is 1. The third kappa shape index (κ3) is 5.21. The number of nitrogens with zero attached hydrogens (tertiary/aromatic N) is 3. The Bertz CT molecular complexity index is 770. The van der Waals surface area contributed by atoms with Crippen LogP contribution in [0.4, 0.5) is 5.82 Å². The van der Waals surface area contributed by atoms with Crippen LogP contribution in [0.15, 0.2) is 36.7 Å². The Morgan fingerprint density at radius 3 is 2.57 bits per heavy atom. The van der Waals surface area contributed by atoms with E-state index in [1.807, 2.05) is 25.1 Å². The van der Waals surface area contributed by atoms with E-state index in [9.17, 15) is 4.79 Å². The quantitative estimate of drug-likeness (QED) is 0.785. The predicted molar refractivity (Wildman–Crippen MR) is 111 cm³/mol. The van der Waals surface area contributed by atoms with Crippen LogP contribution in [0.1, 0.15) is 45.6 Å². The fraction of sp³-hybridized carbons (Fsp3) is 0.500. The highest BCUT2D eigenvalue weighted by Crippen LogP contribution is 2.26. The maximum Gasteiger partial charge on any atom is 0.224 e. The zero-order valence-corrected chi connectivity index (χ0v) is 17.0. The van der Waals surface area contributed by atoms with Crippen molar-refractivity contribution in [1.29, 1.82) is 0 Å². The molecule has 28 heavy (non-hydrogen) atoms. The molecule has 6 heteroatoms. The Kier molecular flexibility index (Phi) is 6.85. The van der Waals surface area contributed by atoms with Crippen LogP contribution < -0.4 is 15.0 Å². The summed E-state index contributed by atoms with van der Waals surface area (Å²) in [5.74, 6) is 2.40. The smallest absolute Gasteiger partial charge is 0.224 e. The average Bonchev–Trinajstić information content (AvgIpc) is 2.74. The van der Waals surface area contributed by atoms with Crippen molar-refractivity contribution in [2.75, 3.05) is 18.0 Å². The van der Waals surface area contributed by atoms with Gasteiger partial charge in [-0.25, -0.2) is 9.97 Å². The van der Waals surface area contributed by atoms with Crippen LogP contribution in [0.5, 0.6) is 11.6 Å². The first-order valence-corrected chi connectivity index (χ1v) is 10.2. The van der Waals surface area contributed by atoms with E-state index < -0.39 is 0 Å². The van der Waals surface area contributed by atoms with Gasteiger partial charge in [0, 0.05) is 31.1 Å². The summed E-state index contributed by atoms with van der Waals surface area (Å²) in [5, 5.41) is 3.10. The fourth-order valence-electron chi connectivity index (χ4n) is 3.31. The van der Waals surface area contributed by atoms with Crippen molar-refractivity contribution < 1.29 is 9.53 Å². The minimum Gasteiger partial charge on any atom is -0.439 e. The highest BCUT2D eigenvalue weighted by molar-refractivity contribution is 5.79. The van der Waals surface area contributed by atoms with Crippen molar-refractivity contribution in [3.05, 3.63) is 42.2 Å². The number of benzene rings is 1. The topological polar surface area (TPSA) is 67.3 Å². The number of rotatable bonds is 7. The largest absolute Gasteiger partial charge is 0.439 e. The number of aryl methyl sites for hydroxylation is 1. The number of hydrogen-bond donors (Lipinski definition) is 1. The molecule has 2 aromatic rings. The lowest BCUT2D eigenvalue weighted by atomic mass is 9.95. The van der Waals surface area contributed by atoms with Gasteiger partial charge in [-0.15, -0.1) is 0 Å². The van der Waals surface area contributed by atoms with Gasteiger partial charge in [-0.05, 0) is 50.3 Å². The van der Waals surface area contributed by atoms with Crippen LogP contribution in [0.3, 0.4) is 0 Å². The molecular weight excluding hydrogens is 352 g/mol. The van der Waals surface area contributed by atoms with E-state index in [0.717, 1.165) is 50.3 Å². The summed E-state index contributed by atoms with van der Waals surface area (Å²) in [6.07, 6.45) is 5.16. The first-order chi connectivity index (χ1) is 13.6. The minimum absolute atomic E-state index is 0.0832. The highest BCUT2D eigenvalue weighted by atomic mass is 16.5. The first-order valence-electron chi connectivity index (χ1n) is 10.2. The Hall–Kier alpha value is -2.63. The Balaban J connectivity index is 1.58. The molecule has 1 amide bonds. The molecule has 3 rings (SSSR count). The summed E-state index contributed by atoms with van der Waals surface area (Å²) in [7, 11) is 0. The SMILES string of the molecule is CCc1ccc(Oc2cc(N3CCC(C(=O)N[C@H](C)CC)CC3)ncn2)cc1. The molecular formula is C22H30N4O2. The maximum atomic E-state index is 12.3. The molecule has 0 aliphatic carbocycles.